The lowest BCUT2D eigenvalue weighted by Crippen LogP contribution is -2.42. The Bertz CT molecular complexity index is 667. The highest BCUT2D eigenvalue weighted by Crippen LogP contribution is 2.52. The van der Waals surface area contributed by atoms with Crippen molar-refractivity contribution in [1.29, 1.82) is 0 Å². The molecule has 3 aliphatic rings. The van der Waals surface area contributed by atoms with Gasteiger partial charge >= 0.3 is 6.03 Å². The Labute approximate surface area is 139 Å². The highest BCUT2D eigenvalue weighted by atomic mass is 16.3. The molecule has 1 saturated carbocycles. The molecule has 0 aromatic carbocycles. The fourth-order valence-corrected chi connectivity index (χ4v) is 4.11. The van der Waals surface area contributed by atoms with Crippen molar-refractivity contribution < 1.29 is 18.8 Å². The van der Waals surface area contributed by atoms with Gasteiger partial charge < -0.3 is 15.1 Å². The lowest BCUT2D eigenvalue weighted by atomic mass is 9.85. The molecular weight excluding hydrogens is 310 g/mol. The van der Waals surface area contributed by atoms with Crippen LogP contribution < -0.4 is 10.6 Å². The second kappa shape index (κ2) is 5.81. The molecule has 126 valence electrons. The first kappa shape index (κ1) is 15.0. The number of fused-ring (bicyclic) bond motifs is 5. The number of allylic oxidation sites excluding steroid dienone is 2. The number of likely N-dealkylation sites (tertiary alicyclic amines) is 1. The third kappa shape index (κ3) is 2.40. The number of imide groups is 1. The third-order valence-electron chi connectivity index (χ3n) is 5.19. The minimum absolute atomic E-state index is 0.0837. The zero-order valence-electron chi connectivity index (χ0n) is 13.1. The zero-order chi connectivity index (χ0) is 16.7. The first-order chi connectivity index (χ1) is 11.6. The maximum Gasteiger partial charge on any atom is 0.315 e. The van der Waals surface area contributed by atoms with E-state index < -0.39 is 0 Å². The molecule has 4 unspecified atom stereocenters. The van der Waals surface area contributed by atoms with Crippen LogP contribution in [0, 0.1) is 23.7 Å². The van der Waals surface area contributed by atoms with Crippen molar-refractivity contribution >= 4 is 17.8 Å². The number of carbonyl (C=O) groups excluding carboxylic acids is 3. The van der Waals surface area contributed by atoms with E-state index in [1.165, 1.54) is 4.90 Å². The Morgan fingerprint density at radius 1 is 1.17 bits per heavy atom. The van der Waals surface area contributed by atoms with Gasteiger partial charge in [0.25, 0.3) is 0 Å². The van der Waals surface area contributed by atoms with Crippen LogP contribution in [0.25, 0.3) is 0 Å². The molecule has 24 heavy (non-hydrogen) atoms. The second-order valence-electron chi connectivity index (χ2n) is 6.52. The van der Waals surface area contributed by atoms with Gasteiger partial charge in [-0.25, -0.2) is 4.79 Å². The molecule has 7 heteroatoms. The van der Waals surface area contributed by atoms with Crippen LogP contribution in [0.2, 0.25) is 0 Å². The molecule has 1 aromatic rings. The van der Waals surface area contributed by atoms with Crippen molar-refractivity contribution in [2.24, 2.45) is 23.7 Å². The molecule has 2 aliphatic carbocycles. The van der Waals surface area contributed by atoms with Crippen LogP contribution >= 0.6 is 0 Å². The number of nitrogens with one attached hydrogen (secondary N) is 2. The number of nitrogens with zero attached hydrogens (tertiary/aromatic N) is 1. The summed E-state index contributed by atoms with van der Waals surface area (Å²) >= 11 is 0. The molecule has 0 radical (unpaired) electrons. The third-order valence-corrected chi connectivity index (χ3v) is 5.19. The number of hydrogen-bond donors (Lipinski definition) is 2. The van der Waals surface area contributed by atoms with Gasteiger partial charge in [0.05, 0.1) is 24.6 Å². The Kier molecular flexibility index (Phi) is 3.63. The van der Waals surface area contributed by atoms with Gasteiger partial charge in [0.2, 0.25) is 11.8 Å². The normalized spacial score (nSPS) is 30.1. The fraction of sp³-hybridized carbons (Fsp3) is 0.471. The average Bonchev–Trinajstić information content (AvgIpc) is 3.33. The van der Waals surface area contributed by atoms with Gasteiger partial charge in [0.15, 0.2) is 0 Å². The van der Waals surface area contributed by atoms with Gasteiger partial charge in [-0.3, -0.25) is 14.5 Å². The summed E-state index contributed by atoms with van der Waals surface area (Å²) in [6, 6.07) is 3.16. The Balaban J connectivity index is 1.25. The zero-order valence-corrected chi connectivity index (χ0v) is 13.1. The number of rotatable bonds is 5. The van der Waals surface area contributed by atoms with Crippen LogP contribution in [0.4, 0.5) is 4.79 Å². The molecule has 2 N–H and O–H groups in total. The Morgan fingerprint density at radius 2 is 1.88 bits per heavy atom. The van der Waals surface area contributed by atoms with Crippen molar-refractivity contribution in [1.82, 2.24) is 15.5 Å². The van der Waals surface area contributed by atoms with E-state index in [1.807, 2.05) is 0 Å². The highest BCUT2D eigenvalue weighted by molar-refractivity contribution is 6.06. The lowest BCUT2D eigenvalue weighted by Gasteiger charge is -2.17. The first-order valence-corrected chi connectivity index (χ1v) is 8.23. The average molecular weight is 329 g/mol. The molecule has 7 nitrogen and oxygen atoms in total. The maximum absolute atomic E-state index is 12.5. The molecule has 2 bridgehead atoms. The number of urea groups is 1. The van der Waals surface area contributed by atoms with E-state index in [4.69, 9.17) is 4.42 Å². The van der Waals surface area contributed by atoms with E-state index in [1.54, 1.807) is 18.4 Å². The van der Waals surface area contributed by atoms with Gasteiger partial charge in [-0.15, -0.1) is 0 Å². The number of amides is 4. The summed E-state index contributed by atoms with van der Waals surface area (Å²) in [5.41, 5.74) is 0. The van der Waals surface area contributed by atoms with Crippen molar-refractivity contribution in [2.45, 2.75) is 13.0 Å². The van der Waals surface area contributed by atoms with Crippen LogP contribution in [-0.2, 0) is 16.1 Å². The van der Waals surface area contributed by atoms with Crippen molar-refractivity contribution in [3.63, 3.8) is 0 Å². The smallest absolute Gasteiger partial charge is 0.315 e. The molecule has 1 saturated heterocycles. The summed E-state index contributed by atoms with van der Waals surface area (Å²) in [4.78, 5) is 38.0. The van der Waals surface area contributed by atoms with E-state index in [0.29, 0.717) is 12.3 Å². The molecule has 4 amide bonds. The van der Waals surface area contributed by atoms with Crippen LogP contribution in [0.15, 0.2) is 35.0 Å². The fourth-order valence-electron chi connectivity index (χ4n) is 4.11. The van der Waals surface area contributed by atoms with Gasteiger partial charge in [-0.2, -0.15) is 0 Å². The van der Waals surface area contributed by atoms with E-state index in [9.17, 15) is 14.4 Å². The highest BCUT2D eigenvalue weighted by Gasteiger charge is 2.58. The van der Waals surface area contributed by atoms with Crippen LogP contribution in [0.1, 0.15) is 12.2 Å². The van der Waals surface area contributed by atoms with Gasteiger partial charge in [-0.05, 0) is 30.4 Å². The molecule has 2 fully saturated rings. The minimum Gasteiger partial charge on any atom is -0.467 e. The molecule has 1 aromatic heterocycles. The molecule has 4 rings (SSSR count). The molecular formula is C17H19N3O4. The summed E-state index contributed by atoms with van der Waals surface area (Å²) in [5.74, 6) is 0.558. The van der Waals surface area contributed by atoms with E-state index in [2.05, 4.69) is 22.8 Å². The Hall–Kier alpha value is -2.57. The van der Waals surface area contributed by atoms with E-state index in [0.717, 1.165) is 6.42 Å². The molecule has 2 heterocycles. The first-order valence-electron chi connectivity index (χ1n) is 8.23. The number of hydrogen-bond acceptors (Lipinski definition) is 4. The van der Waals surface area contributed by atoms with E-state index in [-0.39, 0.29) is 54.6 Å². The quantitative estimate of drug-likeness (QED) is 0.620. The van der Waals surface area contributed by atoms with E-state index >= 15 is 0 Å². The summed E-state index contributed by atoms with van der Waals surface area (Å²) in [6.45, 7) is 0.752. The lowest BCUT2D eigenvalue weighted by molar-refractivity contribution is -0.140. The minimum atomic E-state index is -0.354. The predicted molar refractivity (Wildman–Crippen MR) is 83.4 cm³/mol. The molecule has 0 spiro atoms. The summed E-state index contributed by atoms with van der Waals surface area (Å²) in [6.07, 6.45) is 6.61. The largest absolute Gasteiger partial charge is 0.467 e. The maximum atomic E-state index is 12.5. The SMILES string of the molecule is O=C(NCCN1C(=O)C2C3C=CC(C3)C2C1=O)NCc1ccco1. The molecule has 1 aliphatic heterocycles. The van der Waals surface area contributed by atoms with Crippen molar-refractivity contribution in [3.8, 4) is 0 Å². The summed E-state index contributed by atoms with van der Waals surface area (Å²) in [5, 5.41) is 5.32. The summed E-state index contributed by atoms with van der Waals surface area (Å²) in [7, 11) is 0. The number of furan rings is 1. The predicted octanol–water partition coefficient (Wildman–Crippen LogP) is 0.886. The number of carbonyl (C=O) groups is 3. The van der Waals surface area contributed by atoms with Crippen LogP contribution in [0.5, 0.6) is 0 Å². The van der Waals surface area contributed by atoms with Crippen LogP contribution in [-0.4, -0.2) is 35.8 Å². The monoisotopic (exact) mass is 329 g/mol. The van der Waals surface area contributed by atoms with Gasteiger partial charge in [-0.1, -0.05) is 12.2 Å². The van der Waals surface area contributed by atoms with Gasteiger partial charge in [0, 0.05) is 13.1 Å². The molecule has 4 atom stereocenters. The standard InChI is InChI=1S/C17H19N3O4/c21-15-13-10-3-4-11(8-10)14(13)16(22)20(15)6-5-18-17(23)19-9-12-2-1-7-24-12/h1-4,7,10-11,13-14H,5-6,8-9H2,(H2,18,19,23). The Morgan fingerprint density at radius 3 is 2.50 bits per heavy atom. The second-order valence-corrected chi connectivity index (χ2v) is 6.52. The van der Waals surface area contributed by atoms with Crippen molar-refractivity contribution in [3.05, 3.63) is 36.3 Å². The van der Waals surface area contributed by atoms with Gasteiger partial charge in [0.1, 0.15) is 5.76 Å². The summed E-state index contributed by atoms with van der Waals surface area (Å²) < 4.78 is 5.12. The topological polar surface area (TPSA) is 91.7 Å². The van der Waals surface area contributed by atoms with Crippen LogP contribution in [0.3, 0.4) is 0 Å². The van der Waals surface area contributed by atoms with Crippen molar-refractivity contribution in [2.75, 3.05) is 13.1 Å².